The quantitative estimate of drug-likeness (QED) is 0.789. The zero-order chi connectivity index (χ0) is 15.2. The Balaban J connectivity index is 1.78. The molecule has 0 atom stereocenters. The predicted molar refractivity (Wildman–Crippen MR) is 79.3 cm³/mol. The number of hydrogen-bond donors (Lipinski definition) is 3. The van der Waals surface area contributed by atoms with Crippen LogP contribution in [0.1, 0.15) is 26.5 Å². The van der Waals surface area contributed by atoms with Crippen molar-refractivity contribution in [3.8, 4) is 0 Å². The minimum atomic E-state index is -1.07. The molecule has 0 aliphatic heterocycles. The number of aryl methyl sites for hydroxylation is 1. The molecular weight excluding hydrogens is 290 g/mol. The second-order valence-electron chi connectivity index (χ2n) is 4.42. The fourth-order valence-corrected chi connectivity index (χ4v) is 2.49. The van der Waals surface area contributed by atoms with Gasteiger partial charge in [-0.05, 0) is 35.6 Å². The van der Waals surface area contributed by atoms with Gasteiger partial charge in [-0.1, -0.05) is 6.07 Å². The lowest BCUT2D eigenvalue weighted by atomic mass is 10.2. The van der Waals surface area contributed by atoms with Gasteiger partial charge in [-0.3, -0.25) is 0 Å². The number of carboxylic acids is 1. The molecule has 2 aromatic rings. The van der Waals surface area contributed by atoms with E-state index in [2.05, 4.69) is 15.6 Å². The SMILES string of the molecule is Cc1ccsc1CNC(=O)NCc1ccc(C(=O)O)nc1. The van der Waals surface area contributed by atoms with Gasteiger partial charge >= 0.3 is 12.0 Å². The van der Waals surface area contributed by atoms with Gasteiger partial charge in [0.05, 0.1) is 6.54 Å². The maximum Gasteiger partial charge on any atom is 0.354 e. The maximum absolute atomic E-state index is 11.7. The first-order chi connectivity index (χ1) is 10.1. The zero-order valence-corrected chi connectivity index (χ0v) is 12.2. The van der Waals surface area contributed by atoms with Crippen LogP contribution >= 0.6 is 11.3 Å². The van der Waals surface area contributed by atoms with Crippen molar-refractivity contribution >= 4 is 23.3 Å². The number of urea groups is 1. The Kier molecular flexibility index (Phi) is 4.89. The first-order valence-corrected chi connectivity index (χ1v) is 7.17. The summed E-state index contributed by atoms with van der Waals surface area (Å²) in [5.74, 6) is -1.07. The van der Waals surface area contributed by atoms with Crippen LogP contribution in [0.25, 0.3) is 0 Å². The zero-order valence-electron chi connectivity index (χ0n) is 11.4. The lowest BCUT2D eigenvalue weighted by Crippen LogP contribution is -2.34. The summed E-state index contributed by atoms with van der Waals surface area (Å²) in [7, 11) is 0. The summed E-state index contributed by atoms with van der Waals surface area (Å²) in [6.45, 7) is 2.79. The van der Waals surface area contributed by atoms with Gasteiger partial charge < -0.3 is 15.7 Å². The highest BCUT2D eigenvalue weighted by Crippen LogP contribution is 2.14. The van der Waals surface area contributed by atoms with Crippen LogP contribution in [0.3, 0.4) is 0 Å². The molecule has 0 aliphatic rings. The standard InChI is InChI=1S/C14H15N3O3S/c1-9-4-5-21-12(9)8-17-14(20)16-7-10-2-3-11(13(18)19)15-6-10/h2-6H,7-8H2,1H3,(H,18,19)(H2,16,17,20). The van der Waals surface area contributed by atoms with Crippen molar-refractivity contribution in [1.29, 1.82) is 0 Å². The summed E-state index contributed by atoms with van der Waals surface area (Å²) in [6, 6.07) is 4.77. The van der Waals surface area contributed by atoms with Crippen LogP contribution in [0.5, 0.6) is 0 Å². The smallest absolute Gasteiger partial charge is 0.354 e. The molecule has 6 nitrogen and oxygen atoms in total. The van der Waals surface area contributed by atoms with Gasteiger partial charge in [0.15, 0.2) is 0 Å². The number of nitrogens with zero attached hydrogens (tertiary/aromatic N) is 1. The van der Waals surface area contributed by atoms with E-state index < -0.39 is 5.97 Å². The number of nitrogens with one attached hydrogen (secondary N) is 2. The number of pyridine rings is 1. The van der Waals surface area contributed by atoms with Gasteiger partial charge in [0.25, 0.3) is 0 Å². The molecule has 0 aromatic carbocycles. The number of hydrogen-bond acceptors (Lipinski definition) is 4. The number of aromatic nitrogens is 1. The van der Waals surface area contributed by atoms with Crippen LogP contribution in [0, 0.1) is 6.92 Å². The molecule has 0 fully saturated rings. The maximum atomic E-state index is 11.7. The van der Waals surface area contributed by atoms with E-state index in [0.717, 1.165) is 16.0 Å². The molecular formula is C14H15N3O3S. The number of thiophene rings is 1. The van der Waals surface area contributed by atoms with E-state index in [1.54, 1.807) is 17.4 Å². The molecule has 7 heteroatoms. The molecule has 21 heavy (non-hydrogen) atoms. The summed E-state index contributed by atoms with van der Waals surface area (Å²) in [5.41, 5.74) is 1.88. The number of aromatic carboxylic acids is 1. The monoisotopic (exact) mass is 305 g/mol. The Morgan fingerprint density at radius 1 is 1.24 bits per heavy atom. The normalized spacial score (nSPS) is 10.1. The molecule has 0 bridgehead atoms. The Hall–Kier alpha value is -2.41. The van der Waals surface area contributed by atoms with Crippen LogP contribution < -0.4 is 10.6 Å². The molecule has 3 N–H and O–H groups in total. The van der Waals surface area contributed by atoms with Crippen LogP contribution in [0.4, 0.5) is 4.79 Å². The third-order valence-corrected chi connectivity index (χ3v) is 3.90. The molecule has 2 amide bonds. The molecule has 0 saturated carbocycles. The second kappa shape index (κ2) is 6.85. The summed E-state index contributed by atoms with van der Waals surface area (Å²) in [5, 5.41) is 16.2. The third-order valence-electron chi connectivity index (χ3n) is 2.87. The fourth-order valence-electron chi connectivity index (χ4n) is 1.65. The van der Waals surface area contributed by atoms with E-state index >= 15 is 0 Å². The molecule has 2 heterocycles. The third kappa shape index (κ3) is 4.28. The lowest BCUT2D eigenvalue weighted by molar-refractivity contribution is 0.0690. The number of carbonyl (C=O) groups is 2. The second-order valence-corrected chi connectivity index (χ2v) is 5.42. The van der Waals surface area contributed by atoms with Gasteiger partial charge in [0, 0.05) is 17.6 Å². The van der Waals surface area contributed by atoms with Crippen LogP contribution in [0.15, 0.2) is 29.8 Å². The first kappa shape index (κ1) is 15.0. The minimum Gasteiger partial charge on any atom is -0.477 e. The van der Waals surface area contributed by atoms with Crippen LogP contribution in [-0.4, -0.2) is 22.1 Å². The Labute approximate surface area is 125 Å². The molecule has 0 radical (unpaired) electrons. The van der Waals surface area contributed by atoms with Gasteiger partial charge in [-0.2, -0.15) is 0 Å². The average molecular weight is 305 g/mol. The Bertz CT molecular complexity index is 637. The summed E-state index contributed by atoms with van der Waals surface area (Å²) in [4.78, 5) is 27.2. The summed E-state index contributed by atoms with van der Waals surface area (Å²) in [6.07, 6.45) is 1.44. The van der Waals surface area contributed by atoms with Crippen molar-refractivity contribution in [3.63, 3.8) is 0 Å². The number of amides is 2. The summed E-state index contributed by atoms with van der Waals surface area (Å²) >= 11 is 1.60. The highest BCUT2D eigenvalue weighted by Gasteiger charge is 2.06. The minimum absolute atomic E-state index is 0.0172. The van der Waals surface area contributed by atoms with E-state index in [0.29, 0.717) is 13.1 Å². The molecule has 110 valence electrons. The van der Waals surface area contributed by atoms with Crippen molar-refractivity contribution in [3.05, 3.63) is 51.5 Å². The van der Waals surface area contributed by atoms with Gasteiger partial charge in [0.1, 0.15) is 5.69 Å². The highest BCUT2D eigenvalue weighted by atomic mass is 32.1. The van der Waals surface area contributed by atoms with Crippen molar-refractivity contribution in [2.45, 2.75) is 20.0 Å². The van der Waals surface area contributed by atoms with E-state index in [9.17, 15) is 9.59 Å². The Morgan fingerprint density at radius 2 is 2.00 bits per heavy atom. The van der Waals surface area contributed by atoms with E-state index in [4.69, 9.17) is 5.11 Å². The molecule has 0 unspecified atom stereocenters. The molecule has 0 saturated heterocycles. The van der Waals surface area contributed by atoms with Crippen LogP contribution in [0.2, 0.25) is 0 Å². The number of rotatable bonds is 5. The molecule has 2 rings (SSSR count). The van der Waals surface area contributed by atoms with Gasteiger partial charge in [0.2, 0.25) is 0 Å². The van der Waals surface area contributed by atoms with E-state index in [-0.39, 0.29) is 11.7 Å². The van der Waals surface area contributed by atoms with Crippen LogP contribution in [-0.2, 0) is 13.1 Å². The molecule has 2 aromatic heterocycles. The summed E-state index contributed by atoms with van der Waals surface area (Å²) < 4.78 is 0. The highest BCUT2D eigenvalue weighted by molar-refractivity contribution is 7.10. The van der Waals surface area contributed by atoms with Crippen molar-refractivity contribution in [1.82, 2.24) is 15.6 Å². The van der Waals surface area contributed by atoms with Gasteiger partial charge in [-0.15, -0.1) is 11.3 Å². The average Bonchev–Trinajstić information content (AvgIpc) is 2.88. The predicted octanol–water partition coefficient (Wildman–Crippen LogP) is 2.15. The van der Waals surface area contributed by atoms with E-state index in [1.807, 2.05) is 18.4 Å². The largest absolute Gasteiger partial charge is 0.477 e. The first-order valence-electron chi connectivity index (χ1n) is 6.29. The topological polar surface area (TPSA) is 91.3 Å². The lowest BCUT2D eigenvalue weighted by Gasteiger charge is -2.07. The molecule has 0 aliphatic carbocycles. The van der Waals surface area contributed by atoms with Gasteiger partial charge in [-0.25, -0.2) is 14.6 Å². The van der Waals surface area contributed by atoms with Crippen molar-refractivity contribution < 1.29 is 14.7 Å². The van der Waals surface area contributed by atoms with Crippen molar-refractivity contribution in [2.24, 2.45) is 0 Å². The number of carbonyl (C=O) groups excluding carboxylic acids is 1. The Morgan fingerprint density at radius 3 is 2.57 bits per heavy atom. The number of carboxylic acid groups (broad SMARTS) is 1. The van der Waals surface area contributed by atoms with E-state index in [1.165, 1.54) is 12.3 Å². The fraction of sp³-hybridized carbons (Fsp3) is 0.214. The van der Waals surface area contributed by atoms with Crippen molar-refractivity contribution in [2.75, 3.05) is 0 Å². The molecule has 0 spiro atoms.